The van der Waals surface area contributed by atoms with E-state index in [1.54, 1.807) is 0 Å². The van der Waals surface area contributed by atoms with E-state index < -0.39 is 0 Å². The third-order valence-electron chi connectivity index (χ3n) is 4.72. The molecule has 2 nitrogen and oxygen atoms in total. The molecule has 1 aliphatic heterocycles. The van der Waals surface area contributed by atoms with Crippen molar-refractivity contribution in [3.8, 4) is 0 Å². The predicted octanol–water partition coefficient (Wildman–Crippen LogP) is 4.78. The van der Waals surface area contributed by atoms with E-state index >= 15 is 0 Å². The molecule has 0 aliphatic carbocycles. The number of hydrogen-bond donors (Lipinski definition) is 0. The molecule has 0 spiro atoms. The summed E-state index contributed by atoms with van der Waals surface area (Å²) in [6.45, 7) is 16.5. The van der Waals surface area contributed by atoms with Crippen LogP contribution in [0.5, 0.6) is 0 Å². The van der Waals surface area contributed by atoms with Crippen LogP contribution in [-0.4, -0.2) is 17.7 Å². The van der Waals surface area contributed by atoms with Crippen molar-refractivity contribution < 1.29 is 4.74 Å². The third kappa shape index (κ3) is 2.76. The highest BCUT2D eigenvalue weighted by atomic mass is 16.5. The van der Waals surface area contributed by atoms with Gasteiger partial charge in [0.05, 0.1) is 12.7 Å². The average molecular weight is 275 g/mol. The number of ether oxygens (including phenoxy) is 1. The quantitative estimate of drug-likeness (QED) is 0.775. The maximum Gasteiger partial charge on any atom is 0.0628 e. The molecule has 2 heterocycles. The SMILES string of the molecule is Cc1cc(C(C)C)c2c(n1)[C@@H](C)[C@@H](C)OCC2C(C)C. The topological polar surface area (TPSA) is 22.1 Å². The Morgan fingerprint density at radius 3 is 2.40 bits per heavy atom. The lowest BCUT2D eigenvalue weighted by molar-refractivity contribution is 0.0415. The second-order valence-electron chi connectivity index (χ2n) is 6.98. The first-order valence-corrected chi connectivity index (χ1v) is 7.95. The number of pyridine rings is 1. The van der Waals surface area contributed by atoms with E-state index in [9.17, 15) is 0 Å². The van der Waals surface area contributed by atoms with Gasteiger partial charge in [-0.25, -0.2) is 0 Å². The van der Waals surface area contributed by atoms with Crippen LogP contribution in [0, 0.1) is 12.8 Å². The maximum absolute atomic E-state index is 6.11. The summed E-state index contributed by atoms with van der Waals surface area (Å²) in [4.78, 5) is 4.90. The Hall–Kier alpha value is -0.890. The average Bonchev–Trinajstić information content (AvgIpc) is 2.48. The second-order valence-corrected chi connectivity index (χ2v) is 6.98. The predicted molar refractivity (Wildman–Crippen MR) is 84.5 cm³/mol. The van der Waals surface area contributed by atoms with Crippen molar-refractivity contribution in [2.24, 2.45) is 5.92 Å². The molecule has 1 aliphatic rings. The molecule has 0 radical (unpaired) electrons. The van der Waals surface area contributed by atoms with Crippen LogP contribution in [0.4, 0.5) is 0 Å². The molecule has 0 amide bonds. The summed E-state index contributed by atoms with van der Waals surface area (Å²) in [6.07, 6.45) is 0.242. The molecule has 2 rings (SSSR count). The van der Waals surface area contributed by atoms with Gasteiger partial charge in [0.15, 0.2) is 0 Å². The zero-order valence-electron chi connectivity index (χ0n) is 14.0. The molecule has 1 aromatic heterocycles. The molecule has 20 heavy (non-hydrogen) atoms. The smallest absolute Gasteiger partial charge is 0.0628 e. The summed E-state index contributed by atoms with van der Waals surface area (Å²) in [7, 11) is 0. The highest BCUT2D eigenvalue weighted by Gasteiger charge is 2.32. The summed E-state index contributed by atoms with van der Waals surface area (Å²) in [6, 6.07) is 2.28. The Labute approximate surface area is 124 Å². The highest BCUT2D eigenvalue weighted by molar-refractivity contribution is 5.40. The van der Waals surface area contributed by atoms with Crippen LogP contribution in [0.15, 0.2) is 6.07 Å². The molecule has 2 heteroatoms. The summed E-state index contributed by atoms with van der Waals surface area (Å²) < 4.78 is 6.11. The van der Waals surface area contributed by atoms with Gasteiger partial charge in [-0.15, -0.1) is 0 Å². The third-order valence-corrected chi connectivity index (χ3v) is 4.72. The van der Waals surface area contributed by atoms with Crippen molar-refractivity contribution >= 4 is 0 Å². The number of hydrogen-bond acceptors (Lipinski definition) is 2. The lowest BCUT2D eigenvalue weighted by Gasteiger charge is -2.26. The molecule has 0 aromatic carbocycles. The Kier molecular flexibility index (Phi) is 4.53. The first kappa shape index (κ1) is 15.5. The van der Waals surface area contributed by atoms with E-state index in [-0.39, 0.29) is 6.10 Å². The molecular weight excluding hydrogens is 246 g/mol. The Morgan fingerprint density at radius 1 is 1.20 bits per heavy atom. The minimum Gasteiger partial charge on any atom is -0.377 e. The van der Waals surface area contributed by atoms with Crippen LogP contribution in [-0.2, 0) is 4.74 Å². The summed E-state index contributed by atoms with van der Waals surface area (Å²) in [5.74, 6) is 1.94. The fourth-order valence-corrected chi connectivity index (χ4v) is 3.19. The molecule has 3 atom stereocenters. The molecule has 0 N–H and O–H groups in total. The van der Waals surface area contributed by atoms with Crippen LogP contribution >= 0.6 is 0 Å². The van der Waals surface area contributed by atoms with E-state index in [4.69, 9.17) is 9.72 Å². The second kappa shape index (κ2) is 5.85. The molecule has 112 valence electrons. The Balaban J connectivity index is 2.68. The molecule has 0 fully saturated rings. The minimum atomic E-state index is 0.242. The number of aromatic nitrogens is 1. The summed E-state index contributed by atoms with van der Waals surface area (Å²) >= 11 is 0. The van der Waals surface area contributed by atoms with Crippen molar-refractivity contribution in [3.05, 3.63) is 28.6 Å². The Morgan fingerprint density at radius 2 is 1.85 bits per heavy atom. The molecular formula is C18H29NO. The van der Waals surface area contributed by atoms with Crippen LogP contribution in [0.1, 0.15) is 81.8 Å². The molecule has 1 unspecified atom stereocenters. The first-order valence-electron chi connectivity index (χ1n) is 7.95. The van der Waals surface area contributed by atoms with Crippen LogP contribution in [0.3, 0.4) is 0 Å². The van der Waals surface area contributed by atoms with E-state index in [0.29, 0.717) is 23.7 Å². The van der Waals surface area contributed by atoms with Crippen molar-refractivity contribution in [1.29, 1.82) is 0 Å². The fraction of sp³-hybridized carbons (Fsp3) is 0.722. The molecule has 0 bridgehead atoms. The van der Waals surface area contributed by atoms with Gasteiger partial charge >= 0.3 is 0 Å². The van der Waals surface area contributed by atoms with Gasteiger partial charge in [-0.3, -0.25) is 4.98 Å². The highest BCUT2D eigenvalue weighted by Crippen LogP contribution is 2.40. The van der Waals surface area contributed by atoms with Crippen LogP contribution in [0.25, 0.3) is 0 Å². The number of nitrogens with zero attached hydrogens (tertiary/aromatic N) is 1. The van der Waals surface area contributed by atoms with Crippen LogP contribution < -0.4 is 0 Å². The lowest BCUT2D eigenvalue weighted by atomic mass is 9.80. The maximum atomic E-state index is 6.11. The summed E-state index contributed by atoms with van der Waals surface area (Å²) in [5, 5.41) is 0. The zero-order valence-corrected chi connectivity index (χ0v) is 14.0. The Bertz CT molecular complexity index is 479. The minimum absolute atomic E-state index is 0.242. The summed E-state index contributed by atoms with van der Waals surface area (Å²) in [5.41, 5.74) is 5.35. The van der Waals surface area contributed by atoms with Crippen molar-refractivity contribution in [3.63, 3.8) is 0 Å². The fourth-order valence-electron chi connectivity index (χ4n) is 3.19. The van der Waals surface area contributed by atoms with Gasteiger partial charge in [0.2, 0.25) is 0 Å². The number of aryl methyl sites for hydroxylation is 1. The molecule has 0 saturated carbocycles. The van der Waals surface area contributed by atoms with Gasteiger partial charge in [-0.1, -0.05) is 34.6 Å². The van der Waals surface area contributed by atoms with E-state index in [1.165, 1.54) is 16.8 Å². The molecule has 0 saturated heterocycles. The van der Waals surface area contributed by atoms with E-state index in [0.717, 1.165) is 12.3 Å². The van der Waals surface area contributed by atoms with Gasteiger partial charge < -0.3 is 4.74 Å². The van der Waals surface area contributed by atoms with Gasteiger partial charge in [0.1, 0.15) is 0 Å². The number of rotatable bonds is 2. The van der Waals surface area contributed by atoms with E-state index in [2.05, 4.69) is 54.5 Å². The normalized spacial score (nSPS) is 26.8. The van der Waals surface area contributed by atoms with Crippen molar-refractivity contribution in [1.82, 2.24) is 4.98 Å². The van der Waals surface area contributed by atoms with E-state index in [1.807, 2.05) is 0 Å². The van der Waals surface area contributed by atoms with Gasteiger partial charge in [0, 0.05) is 23.2 Å². The zero-order chi connectivity index (χ0) is 15.0. The lowest BCUT2D eigenvalue weighted by Crippen LogP contribution is -2.17. The monoisotopic (exact) mass is 275 g/mol. The molecule has 1 aromatic rings. The van der Waals surface area contributed by atoms with Gasteiger partial charge in [-0.2, -0.15) is 0 Å². The van der Waals surface area contributed by atoms with Gasteiger partial charge in [0.25, 0.3) is 0 Å². The van der Waals surface area contributed by atoms with Crippen molar-refractivity contribution in [2.45, 2.75) is 72.3 Å². The van der Waals surface area contributed by atoms with Crippen LogP contribution in [0.2, 0.25) is 0 Å². The van der Waals surface area contributed by atoms with Gasteiger partial charge in [-0.05, 0) is 42.9 Å². The first-order chi connectivity index (χ1) is 9.32. The largest absolute Gasteiger partial charge is 0.377 e. The number of fused-ring (bicyclic) bond motifs is 1. The standard InChI is InChI=1S/C18H29NO/c1-10(2)15-8-12(5)19-18-13(6)14(7)20-9-16(11(3)4)17(15)18/h8,10-11,13-14,16H,9H2,1-7H3/t13-,14+,16?/m0/s1. The van der Waals surface area contributed by atoms with Crippen molar-refractivity contribution in [2.75, 3.05) is 6.61 Å².